The van der Waals surface area contributed by atoms with Gasteiger partial charge < -0.3 is 14.7 Å². The van der Waals surface area contributed by atoms with Gasteiger partial charge in [-0.05, 0) is 30.4 Å². The third kappa shape index (κ3) is 4.59. The maximum Gasteiger partial charge on any atom is 0.331 e. The molecule has 2 unspecified atom stereocenters. The van der Waals surface area contributed by atoms with E-state index in [1.807, 2.05) is 30.5 Å². The number of nitrogens with zero attached hydrogens (tertiary/aromatic N) is 1. The Morgan fingerprint density at radius 1 is 1.36 bits per heavy atom. The van der Waals surface area contributed by atoms with Crippen LogP contribution >= 0.6 is 11.8 Å². The van der Waals surface area contributed by atoms with Crippen LogP contribution in [0.15, 0.2) is 64.6 Å². The van der Waals surface area contributed by atoms with Crippen molar-refractivity contribution in [1.29, 1.82) is 0 Å². The monoisotopic (exact) mass is 417 g/mol. The summed E-state index contributed by atoms with van der Waals surface area (Å²) in [6, 6.07) is 13.9. The fourth-order valence-electron chi connectivity index (χ4n) is 3.15. The third-order valence-electron chi connectivity index (χ3n) is 4.66. The van der Waals surface area contributed by atoms with Gasteiger partial charge in [-0.1, -0.05) is 31.5 Å². The number of fused-ring (bicyclic) bond motifs is 1. The highest BCUT2D eigenvalue weighted by atomic mass is 32.2. The van der Waals surface area contributed by atoms with Crippen molar-refractivity contribution >= 4 is 39.9 Å². The van der Waals surface area contributed by atoms with E-state index in [1.165, 1.54) is 11.8 Å². The van der Waals surface area contributed by atoms with E-state index in [2.05, 4.69) is 24.0 Å². The Labute approximate surface area is 171 Å². The molecule has 0 spiro atoms. The van der Waals surface area contributed by atoms with Crippen LogP contribution in [0.25, 0.3) is 0 Å². The Morgan fingerprint density at radius 3 is 2.75 bits per heavy atom. The smallest absolute Gasteiger partial charge is 0.331 e. The fourth-order valence-corrected chi connectivity index (χ4v) is 5.28. The molecule has 7 heteroatoms. The van der Waals surface area contributed by atoms with Crippen molar-refractivity contribution in [2.24, 2.45) is 5.92 Å². The molecule has 5 nitrogen and oxygen atoms in total. The molecular weight excluding hydrogens is 394 g/mol. The van der Waals surface area contributed by atoms with Crippen LogP contribution in [-0.2, 0) is 15.6 Å². The minimum Gasteiger partial charge on any atom is -0.478 e. The second kappa shape index (κ2) is 9.30. The Morgan fingerprint density at radius 2 is 2.11 bits per heavy atom. The van der Waals surface area contributed by atoms with E-state index in [-0.39, 0.29) is 0 Å². The number of aliphatic carboxylic acids is 1. The largest absolute Gasteiger partial charge is 0.478 e. The van der Waals surface area contributed by atoms with Gasteiger partial charge in [-0.2, -0.15) is 0 Å². The summed E-state index contributed by atoms with van der Waals surface area (Å²) in [6.45, 7) is 2.92. The maximum absolute atomic E-state index is 13.1. The summed E-state index contributed by atoms with van der Waals surface area (Å²) in [4.78, 5) is 14.5. The van der Waals surface area contributed by atoms with E-state index >= 15 is 0 Å². The average Bonchev–Trinajstić information content (AvgIpc) is 2.84. The van der Waals surface area contributed by atoms with Crippen LogP contribution in [0, 0.1) is 5.92 Å². The zero-order valence-electron chi connectivity index (χ0n) is 15.8. The van der Waals surface area contributed by atoms with E-state index in [1.54, 1.807) is 6.07 Å². The first kappa shape index (κ1) is 20.5. The van der Waals surface area contributed by atoms with Gasteiger partial charge in [-0.3, -0.25) is 4.21 Å². The van der Waals surface area contributed by atoms with Crippen LogP contribution in [0.3, 0.4) is 0 Å². The Hall–Kier alpha value is -2.25. The minimum atomic E-state index is -1.16. The molecule has 0 aliphatic carbocycles. The molecule has 0 fully saturated rings. The van der Waals surface area contributed by atoms with Gasteiger partial charge in [0, 0.05) is 24.1 Å². The summed E-state index contributed by atoms with van der Waals surface area (Å²) < 4.78 is 18.6. The first-order chi connectivity index (χ1) is 13.5. The van der Waals surface area contributed by atoms with Crippen LogP contribution in [0.1, 0.15) is 13.3 Å². The van der Waals surface area contributed by atoms with Crippen LogP contribution in [-0.4, -0.2) is 33.8 Å². The summed E-state index contributed by atoms with van der Waals surface area (Å²) in [5.41, 5.74) is 1.98. The maximum atomic E-state index is 13.1. The molecule has 3 rings (SSSR count). The van der Waals surface area contributed by atoms with Crippen LogP contribution in [0.4, 0.5) is 11.4 Å². The van der Waals surface area contributed by atoms with Crippen LogP contribution in [0.5, 0.6) is 5.75 Å². The number of carboxylic acid groups (broad SMARTS) is 1. The molecule has 0 saturated heterocycles. The normalized spacial score (nSPS) is 19.3. The van der Waals surface area contributed by atoms with Crippen molar-refractivity contribution in [2.45, 2.75) is 23.1 Å². The third-order valence-corrected chi connectivity index (χ3v) is 7.01. The summed E-state index contributed by atoms with van der Waals surface area (Å²) in [6.07, 6.45) is 4.97. The standard InChI is InChI=1S/C21H23NO4S2/c1-3-15-13-22(16-7-5-4-6-8-16)17-11-19(27-2)18(26-10-9-21(23)24)12-20(17)28(25)14-15/h4-12,15H,3,13-14H2,1-2H3,(H,23,24)/b10-9-. The van der Waals surface area contributed by atoms with Crippen LogP contribution in [0.2, 0.25) is 0 Å². The van der Waals surface area contributed by atoms with Gasteiger partial charge in [0.05, 0.1) is 38.6 Å². The van der Waals surface area contributed by atoms with E-state index < -0.39 is 16.8 Å². The zero-order valence-corrected chi connectivity index (χ0v) is 17.5. The lowest BCUT2D eigenvalue weighted by Crippen LogP contribution is -2.25. The Bertz CT molecular complexity index is 899. The molecule has 0 saturated carbocycles. The first-order valence-electron chi connectivity index (χ1n) is 9.02. The Balaban J connectivity index is 2.10. The SMILES string of the molecule is CCC1CN(c2ccccc2)c2cc(SC)c(O/C=C\C(=O)O)cc2S(=O)C1. The predicted molar refractivity (Wildman–Crippen MR) is 114 cm³/mol. The molecule has 0 radical (unpaired) electrons. The molecule has 28 heavy (non-hydrogen) atoms. The summed E-state index contributed by atoms with van der Waals surface area (Å²) in [5.74, 6) is 0.336. The van der Waals surface area contributed by atoms with Gasteiger partial charge in [-0.15, -0.1) is 11.8 Å². The van der Waals surface area contributed by atoms with Gasteiger partial charge in [0.2, 0.25) is 0 Å². The number of rotatable bonds is 6. The molecule has 1 aliphatic rings. The van der Waals surface area contributed by atoms with Crippen molar-refractivity contribution in [3.63, 3.8) is 0 Å². The number of thioether (sulfide) groups is 1. The lowest BCUT2D eigenvalue weighted by atomic mass is 10.1. The summed E-state index contributed by atoms with van der Waals surface area (Å²) >= 11 is 1.51. The lowest BCUT2D eigenvalue weighted by Gasteiger charge is -2.27. The highest BCUT2D eigenvalue weighted by Crippen LogP contribution is 2.42. The molecule has 2 atom stereocenters. The molecule has 2 aromatic rings. The zero-order chi connectivity index (χ0) is 20.1. The number of hydrogen-bond acceptors (Lipinski definition) is 5. The van der Waals surface area contributed by atoms with E-state index in [9.17, 15) is 9.00 Å². The number of para-hydroxylation sites is 1. The number of benzene rings is 2. The van der Waals surface area contributed by atoms with Gasteiger partial charge in [-0.25, -0.2) is 4.79 Å². The number of anilines is 2. The highest BCUT2D eigenvalue weighted by Gasteiger charge is 2.28. The molecule has 148 valence electrons. The highest BCUT2D eigenvalue weighted by molar-refractivity contribution is 7.98. The fraction of sp³-hybridized carbons (Fsp3) is 0.286. The molecule has 1 aliphatic heterocycles. The van der Waals surface area contributed by atoms with E-state index in [0.717, 1.165) is 46.5 Å². The van der Waals surface area contributed by atoms with Crippen LogP contribution < -0.4 is 9.64 Å². The van der Waals surface area contributed by atoms with Gasteiger partial charge in [0.25, 0.3) is 0 Å². The molecule has 0 aromatic heterocycles. The van der Waals surface area contributed by atoms with Crippen molar-refractivity contribution < 1.29 is 18.8 Å². The van der Waals surface area contributed by atoms with Gasteiger partial charge in [0.1, 0.15) is 5.75 Å². The number of carboxylic acids is 1. The summed E-state index contributed by atoms with van der Waals surface area (Å²) in [7, 11) is -1.16. The Kier molecular flexibility index (Phi) is 6.80. The molecular formula is C21H23NO4S2. The predicted octanol–water partition coefficient (Wildman–Crippen LogP) is 4.67. The topological polar surface area (TPSA) is 66.8 Å². The average molecular weight is 418 g/mol. The first-order valence-corrected chi connectivity index (χ1v) is 11.6. The quantitative estimate of drug-likeness (QED) is 0.418. The number of carbonyl (C=O) groups is 1. The minimum absolute atomic E-state index is 0.308. The van der Waals surface area contributed by atoms with E-state index in [0.29, 0.717) is 17.4 Å². The van der Waals surface area contributed by atoms with E-state index in [4.69, 9.17) is 9.84 Å². The molecule has 0 amide bonds. The van der Waals surface area contributed by atoms with Crippen molar-refractivity contribution in [3.05, 3.63) is 54.8 Å². The molecule has 1 heterocycles. The second-order valence-corrected chi connectivity index (χ2v) is 8.77. The summed E-state index contributed by atoms with van der Waals surface area (Å²) in [5, 5.41) is 8.78. The van der Waals surface area contributed by atoms with Crippen molar-refractivity contribution in [2.75, 3.05) is 23.5 Å². The molecule has 1 N–H and O–H groups in total. The van der Waals surface area contributed by atoms with Gasteiger partial charge in [0.15, 0.2) is 0 Å². The molecule has 2 aromatic carbocycles. The number of ether oxygens (including phenoxy) is 1. The number of hydrogen-bond donors (Lipinski definition) is 1. The van der Waals surface area contributed by atoms with Gasteiger partial charge >= 0.3 is 5.97 Å². The van der Waals surface area contributed by atoms with Crippen molar-refractivity contribution in [3.8, 4) is 5.75 Å². The van der Waals surface area contributed by atoms with Crippen molar-refractivity contribution in [1.82, 2.24) is 0 Å². The molecule has 0 bridgehead atoms. The second-order valence-electron chi connectivity index (χ2n) is 6.46. The lowest BCUT2D eigenvalue weighted by molar-refractivity contribution is -0.131.